The highest BCUT2D eigenvalue weighted by atomic mass is 79.9. The van der Waals surface area contributed by atoms with Crippen molar-refractivity contribution in [3.8, 4) is 0 Å². The molecule has 1 rings (SSSR count). The van der Waals surface area contributed by atoms with E-state index in [1.54, 1.807) is 0 Å². The first-order valence-electron chi connectivity index (χ1n) is 5.81. The lowest BCUT2D eigenvalue weighted by molar-refractivity contribution is -0.124. The van der Waals surface area contributed by atoms with Gasteiger partial charge in [0.05, 0.1) is 6.61 Å². The minimum Gasteiger partial charge on any atom is -0.375 e. The molecule has 0 bridgehead atoms. The summed E-state index contributed by atoms with van der Waals surface area (Å²) in [5.41, 5.74) is -0.139. The Labute approximate surface area is 108 Å². The van der Waals surface area contributed by atoms with E-state index in [0.29, 0.717) is 0 Å². The molecule has 0 aliphatic heterocycles. The van der Waals surface area contributed by atoms with Crippen molar-refractivity contribution in [3.63, 3.8) is 0 Å². The van der Waals surface area contributed by atoms with Crippen molar-refractivity contribution in [3.05, 3.63) is 0 Å². The summed E-state index contributed by atoms with van der Waals surface area (Å²) in [6, 6.07) is 0. The van der Waals surface area contributed by atoms with E-state index in [1.165, 1.54) is 0 Å². The highest BCUT2D eigenvalue weighted by Crippen LogP contribution is 2.31. The summed E-state index contributed by atoms with van der Waals surface area (Å²) in [5.74, 6) is -0.124. The number of hydrogen-bond acceptors (Lipinski definition) is 2. The average Bonchev–Trinajstić information content (AvgIpc) is 2.73. The Morgan fingerprint density at radius 1 is 1.41 bits per heavy atom. The van der Waals surface area contributed by atoms with Crippen LogP contribution in [0.1, 0.15) is 32.1 Å². The second-order valence-electron chi connectivity index (χ2n) is 4.39. The number of carbonyl (C=O) groups is 1. The molecule has 0 aromatic rings. The molecular weight excluding hydrogens is 296 g/mol. The molecule has 0 aromatic heterocycles. The summed E-state index contributed by atoms with van der Waals surface area (Å²) in [5, 5.41) is 3.72. The Bertz CT molecular complexity index is 246. The van der Waals surface area contributed by atoms with E-state index in [0.717, 1.165) is 31.0 Å². The van der Waals surface area contributed by atoms with Crippen LogP contribution in [0.3, 0.4) is 0 Å². The van der Waals surface area contributed by atoms with Crippen LogP contribution in [-0.4, -0.2) is 36.4 Å². The van der Waals surface area contributed by atoms with Gasteiger partial charge in [-0.1, -0.05) is 28.8 Å². The molecule has 0 saturated heterocycles. The highest BCUT2D eigenvalue weighted by Gasteiger charge is 2.33. The van der Waals surface area contributed by atoms with E-state index in [-0.39, 0.29) is 24.5 Å². The molecule has 1 saturated carbocycles. The smallest absolute Gasteiger partial charge is 0.261 e. The zero-order valence-corrected chi connectivity index (χ0v) is 11.3. The predicted molar refractivity (Wildman–Crippen MR) is 64.6 cm³/mol. The largest absolute Gasteiger partial charge is 0.375 e. The van der Waals surface area contributed by atoms with Crippen molar-refractivity contribution in [1.29, 1.82) is 0 Å². The number of rotatable bonds is 7. The number of ether oxygens (including phenoxy) is 1. The Morgan fingerprint density at radius 3 is 2.59 bits per heavy atom. The second kappa shape index (κ2) is 7.26. The van der Waals surface area contributed by atoms with Gasteiger partial charge >= 0.3 is 0 Å². The maximum Gasteiger partial charge on any atom is 0.261 e. The van der Waals surface area contributed by atoms with Crippen LogP contribution in [0.2, 0.25) is 0 Å². The van der Waals surface area contributed by atoms with Crippen molar-refractivity contribution in [2.24, 2.45) is 0 Å². The van der Waals surface area contributed by atoms with Gasteiger partial charge in [-0.05, 0) is 12.8 Å². The van der Waals surface area contributed by atoms with Gasteiger partial charge in [-0.25, -0.2) is 8.78 Å². The molecule has 17 heavy (non-hydrogen) atoms. The fourth-order valence-corrected chi connectivity index (χ4v) is 2.74. The summed E-state index contributed by atoms with van der Waals surface area (Å²) in [6.07, 6.45) is 1.86. The normalized spacial score (nSPS) is 18.6. The highest BCUT2D eigenvalue weighted by molar-refractivity contribution is 9.09. The van der Waals surface area contributed by atoms with Crippen LogP contribution in [0, 0.1) is 0 Å². The number of halogens is 3. The molecule has 1 amide bonds. The number of alkyl halides is 3. The van der Waals surface area contributed by atoms with Crippen molar-refractivity contribution >= 4 is 21.8 Å². The first-order valence-corrected chi connectivity index (χ1v) is 6.93. The van der Waals surface area contributed by atoms with E-state index in [2.05, 4.69) is 26.0 Å². The van der Waals surface area contributed by atoms with E-state index in [4.69, 9.17) is 0 Å². The average molecular weight is 314 g/mol. The number of carbonyl (C=O) groups excluding carboxylic acids is 1. The molecular formula is C11H18BrF2NO2. The molecule has 0 radical (unpaired) electrons. The summed E-state index contributed by atoms with van der Waals surface area (Å²) in [6.45, 7) is -0.550. The fraction of sp³-hybridized carbons (Fsp3) is 0.909. The van der Waals surface area contributed by atoms with E-state index >= 15 is 0 Å². The molecule has 1 aliphatic carbocycles. The van der Waals surface area contributed by atoms with Gasteiger partial charge in [0.2, 0.25) is 5.91 Å². The van der Waals surface area contributed by atoms with Crippen LogP contribution in [0.4, 0.5) is 8.78 Å². The molecule has 6 heteroatoms. The number of hydrogen-bond donors (Lipinski definition) is 1. The molecule has 3 nitrogen and oxygen atoms in total. The van der Waals surface area contributed by atoms with Crippen molar-refractivity contribution in [2.75, 3.05) is 18.5 Å². The van der Waals surface area contributed by atoms with Gasteiger partial charge in [-0.2, -0.15) is 0 Å². The third-order valence-electron chi connectivity index (χ3n) is 2.94. The zero-order chi connectivity index (χ0) is 12.7. The monoisotopic (exact) mass is 313 g/mol. The topological polar surface area (TPSA) is 38.3 Å². The lowest BCUT2D eigenvalue weighted by Crippen LogP contribution is -2.48. The lowest BCUT2D eigenvalue weighted by atomic mass is 10.0. The minimum atomic E-state index is -2.47. The standard InChI is InChI=1S/C11H18BrF2NO2/c12-8-11(4-1-2-5-11)15-10(16)3-6-17-7-9(13)14/h9H,1-8H2,(H,15,16). The molecule has 0 aromatic carbocycles. The zero-order valence-electron chi connectivity index (χ0n) is 9.68. The first-order chi connectivity index (χ1) is 8.08. The molecule has 0 unspecified atom stereocenters. The van der Waals surface area contributed by atoms with Gasteiger partial charge in [-0.3, -0.25) is 4.79 Å². The Kier molecular flexibility index (Phi) is 6.33. The van der Waals surface area contributed by atoms with Crippen LogP contribution < -0.4 is 5.32 Å². The van der Waals surface area contributed by atoms with Crippen molar-refractivity contribution < 1.29 is 18.3 Å². The van der Waals surface area contributed by atoms with E-state index in [1.807, 2.05) is 0 Å². The predicted octanol–water partition coefficient (Wildman–Crippen LogP) is 2.48. The molecule has 1 N–H and O–H groups in total. The lowest BCUT2D eigenvalue weighted by Gasteiger charge is -2.28. The van der Waals surface area contributed by atoms with Crippen LogP contribution in [0.5, 0.6) is 0 Å². The molecule has 1 fully saturated rings. The number of nitrogens with one attached hydrogen (secondary N) is 1. The van der Waals surface area contributed by atoms with Gasteiger partial charge in [0.1, 0.15) is 6.61 Å². The maximum atomic E-state index is 11.8. The quantitative estimate of drug-likeness (QED) is 0.579. The van der Waals surface area contributed by atoms with E-state index in [9.17, 15) is 13.6 Å². The Balaban J connectivity index is 2.19. The van der Waals surface area contributed by atoms with Crippen molar-refractivity contribution in [1.82, 2.24) is 5.32 Å². The minimum absolute atomic E-state index is 0.0501. The second-order valence-corrected chi connectivity index (χ2v) is 4.95. The summed E-state index contributed by atoms with van der Waals surface area (Å²) in [4.78, 5) is 11.6. The van der Waals surface area contributed by atoms with Gasteiger partial charge in [0.15, 0.2) is 0 Å². The van der Waals surface area contributed by atoms with Gasteiger partial charge in [0, 0.05) is 17.3 Å². The first kappa shape index (κ1) is 14.8. The van der Waals surface area contributed by atoms with Crippen LogP contribution in [-0.2, 0) is 9.53 Å². The molecule has 1 aliphatic rings. The third kappa shape index (κ3) is 5.29. The van der Waals surface area contributed by atoms with Crippen LogP contribution in [0.25, 0.3) is 0 Å². The Hall–Kier alpha value is -0.230. The molecule has 0 atom stereocenters. The van der Waals surface area contributed by atoms with Crippen LogP contribution >= 0.6 is 15.9 Å². The number of amides is 1. The van der Waals surface area contributed by atoms with Crippen molar-refractivity contribution in [2.45, 2.75) is 44.1 Å². The van der Waals surface area contributed by atoms with Gasteiger partial charge in [0.25, 0.3) is 6.43 Å². The molecule has 100 valence electrons. The van der Waals surface area contributed by atoms with Crippen LogP contribution in [0.15, 0.2) is 0 Å². The van der Waals surface area contributed by atoms with E-state index < -0.39 is 13.0 Å². The molecule has 0 spiro atoms. The molecule has 0 heterocycles. The fourth-order valence-electron chi connectivity index (χ4n) is 2.04. The third-order valence-corrected chi connectivity index (χ3v) is 4.01. The summed E-state index contributed by atoms with van der Waals surface area (Å²) in [7, 11) is 0. The maximum absolute atomic E-state index is 11.8. The van der Waals surface area contributed by atoms with Gasteiger partial charge in [-0.15, -0.1) is 0 Å². The van der Waals surface area contributed by atoms with Gasteiger partial charge < -0.3 is 10.1 Å². The SMILES string of the molecule is O=C(CCOCC(F)F)NC1(CBr)CCCC1. The summed E-state index contributed by atoms with van der Waals surface area (Å²) < 4.78 is 28.2. The Morgan fingerprint density at radius 2 is 2.06 bits per heavy atom. The summed E-state index contributed by atoms with van der Waals surface area (Å²) >= 11 is 3.42.